The largest absolute Gasteiger partial charge is 0.459 e. The Kier molecular flexibility index (Phi) is 5.68. The van der Waals surface area contributed by atoms with Gasteiger partial charge in [-0.15, -0.1) is 0 Å². The summed E-state index contributed by atoms with van der Waals surface area (Å²) in [7, 11) is 0. The van der Waals surface area contributed by atoms with Crippen LogP contribution in [0.5, 0.6) is 0 Å². The highest BCUT2D eigenvalue weighted by atomic mass is 19.1. The van der Waals surface area contributed by atoms with Crippen molar-refractivity contribution in [2.75, 3.05) is 6.61 Å². The van der Waals surface area contributed by atoms with Crippen LogP contribution in [0.3, 0.4) is 0 Å². The van der Waals surface area contributed by atoms with Gasteiger partial charge in [-0.3, -0.25) is 19.2 Å². The molecule has 186 valence electrons. The van der Waals surface area contributed by atoms with Crippen molar-refractivity contribution in [1.29, 1.82) is 0 Å². The van der Waals surface area contributed by atoms with Gasteiger partial charge in [0, 0.05) is 30.6 Å². The van der Waals surface area contributed by atoms with Gasteiger partial charge in [-0.2, -0.15) is 0 Å². The summed E-state index contributed by atoms with van der Waals surface area (Å²) in [5.41, 5.74) is -6.43. The van der Waals surface area contributed by atoms with Gasteiger partial charge in [-0.1, -0.05) is 18.6 Å². The Bertz CT molecular complexity index is 1020. The number of hydrogen-bond acceptors (Lipinski definition) is 8. The number of carbonyl (C=O) groups is 4. The van der Waals surface area contributed by atoms with Crippen molar-refractivity contribution in [2.24, 2.45) is 22.7 Å². The van der Waals surface area contributed by atoms with Crippen molar-refractivity contribution in [3.63, 3.8) is 0 Å². The highest BCUT2D eigenvalue weighted by Crippen LogP contribution is 2.70. The van der Waals surface area contributed by atoms with Gasteiger partial charge < -0.3 is 19.7 Å². The van der Waals surface area contributed by atoms with E-state index in [4.69, 9.17) is 9.47 Å². The minimum atomic E-state index is -2.32. The van der Waals surface area contributed by atoms with E-state index in [2.05, 4.69) is 0 Å². The third kappa shape index (κ3) is 3.09. The van der Waals surface area contributed by atoms with Gasteiger partial charge in [0.15, 0.2) is 23.7 Å². The van der Waals surface area contributed by atoms with E-state index in [0.717, 1.165) is 13.8 Å². The molecule has 8 atom stereocenters. The van der Waals surface area contributed by atoms with Crippen molar-refractivity contribution >= 4 is 23.5 Å². The van der Waals surface area contributed by atoms with Crippen LogP contribution >= 0.6 is 0 Å². The average molecular weight is 479 g/mol. The molecule has 0 amide bonds. The van der Waals surface area contributed by atoms with E-state index < -0.39 is 70.5 Å². The lowest BCUT2D eigenvalue weighted by atomic mass is 9.44. The second kappa shape index (κ2) is 7.81. The lowest BCUT2D eigenvalue weighted by Crippen LogP contribution is -2.70. The molecule has 0 saturated heterocycles. The number of rotatable bonds is 4. The third-order valence-electron chi connectivity index (χ3n) is 8.98. The number of aliphatic hydroxyl groups excluding tert-OH is 1. The quantitative estimate of drug-likeness (QED) is 0.586. The maximum Gasteiger partial charge on any atom is 0.303 e. The fourth-order valence-corrected chi connectivity index (χ4v) is 7.30. The molecular formula is C25H31FO8. The summed E-state index contributed by atoms with van der Waals surface area (Å²) in [5.74, 6) is -3.95. The highest BCUT2D eigenvalue weighted by Gasteiger charge is 2.77. The van der Waals surface area contributed by atoms with Crippen LogP contribution in [0.15, 0.2) is 23.8 Å². The molecule has 0 aromatic carbocycles. The first-order valence-electron chi connectivity index (χ1n) is 11.6. The summed E-state index contributed by atoms with van der Waals surface area (Å²) in [6.45, 7) is 4.83. The van der Waals surface area contributed by atoms with Crippen LogP contribution in [0.2, 0.25) is 0 Å². The first-order valence-corrected chi connectivity index (χ1v) is 11.6. The van der Waals surface area contributed by atoms with Crippen molar-refractivity contribution in [3.05, 3.63) is 23.8 Å². The molecule has 0 heterocycles. The zero-order chi connectivity index (χ0) is 25.3. The van der Waals surface area contributed by atoms with Crippen molar-refractivity contribution in [3.8, 4) is 0 Å². The molecular weight excluding hydrogens is 447 g/mol. The fourth-order valence-electron chi connectivity index (χ4n) is 7.30. The molecule has 0 radical (unpaired) electrons. The number of alkyl halides is 1. The predicted molar refractivity (Wildman–Crippen MR) is 116 cm³/mol. The van der Waals surface area contributed by atoms with E-state index in [9.17, 15) is 29.4 Å². The molecule has 4 aliphatic carbocycles. The number of allylic oxidation sites excluding steroid dienone is 4. The molecule has 0 bridgehead atoms. The van der Waals surface area contributed by atoms with Gasteiger partial charge in [-0.25, -0.2) is 4.39 Å². The molecule has 8 nitrogen and oxygen atoms in total. The smallest absolute Gasteiger partial charge is 0.303 e. The van der Waals surface area contributed by atoms with Crippen LogP contribution in [0.1, 0.15) is 53.4 Å². The predicted octanol–water partition coefficient (Wildman–Crippen LogP) is 1.76. The lowest BCUT2D eigenvalue weighted by molar-refractivity contribution is -0.231. The number of hydrogen-bond donors (Lipinski definition) is 2. The Labute approximate surface area is 197 Å². The van der Waals surface area contributed by atoms with E-state index in [1.165, 1.54) is 18.2 Å². The minimum Gasteiger partial charge on any atom is -0.459 e. The average Bonchev–Trinajstić information content (AvgIpc) is 2.94. The number of aliphatic hydroxyl groups is 2. The monoisotopic (exact) mass is 478 g/mol. The number of ketones is 2. The number of carbonyl (C=O) groups excluding carboxylic acids is 4. The molecule has 0 aliphatic heterocycles. The number of esters is 2. The SMILES string of the molecule is CC(=O)OCC(=O)[C@]1(O)[C@@H](O)C[C@@H]2[C@H]3CCC4=CC(=O)C=C[C@]4(C)[C@]3(F)[C@@H](OC(C)=O)C[C@]21C. The summed E-state index contributed by atoms with van der Waals surface area (Å²) in [6, 6.07) is 0. The first-order chi connectivity index (χ1) is 15.7. The first kappa shape index (κ1) is 24.7. The van der Waals surface area contributed by atoms with Crippen LogP contribution < -0.4 is 0 Å². The van der Waals surface area contributed by atoms with Gasteiger partial charge in [-0.05, 0) is 50.7 Å². The maximum atomic E-state index is 17.5. The molecule has 0 unspecified atom stereocenters. The number of ether oxygens (including phenoxy) is 2. The van der Waals surface area contributed by atoms with E-state index in [1.54, 1.807) is 13.8 Å². The maximum absolute atomic E-state index is 17.5. The van der Waals surface area contributed by atoms with E-state index in [0.29, 0.717) is 12.0 Å². The summed E-state index contributed by atoms with van der Waals surface area (Å²) >= 11 is 0. The van der Waals surface area contributed by atoms with E-state index >= 15 is 4.39 Å². The number of Topliss-reactive ketones (excluding diaryl/α,β-unsaturated/α-hetero) is 1. The zero-order valence-electron chi connectivity index (χ0n) is 19.8. The Balaban J connectivity index is 1.83. The summed E-state index contributed by atoms with van der Waals surface area (Å²) < 4.78 is 27.9. The Morgan fingerprint density at radius 1 is 1.18 bits per heavy atom. The fraction of sp³-hybridized carbons (Fsp3) is 0.680. The van der Waals surface area contributed by atoms with Crippen molar-refractivity contribution in [1.82, 2.24) is 0 Å². The van der Waals surface area contributed by atoms with E-state index in [-0.39, 0.29) is 25.0 Å². The Hall–Kier alpha value is -2.39. The standard InChI is InChI=1S/C25H31FO8/c1-13(27)33-12-20(31)25(32)19(30)10-18-17-6-5-15-9-16(29)7-8-22(15,3)24(17,26)21(34-14(2)28)11-23(18,25)4/h7-9,17-19,21,30,32H,5-6,10-12H2,1-4H3/t17-,18-,19+,21+,22+,23-,24-,25-/m1/s1. The van der Waals surface area contributed by atoms with Gasteiger partial charge in [0.05, 0.1) is 6.10 Å². The van der Waals surface area contributed by atoms with Crippen LogP contribution in [0, 0.1) is 22.7 Å². The van der Waals surface area contributed by atoms with Crippen molar-refractivity contribution in [2.45, 2.75) is 76.9 Å². The molecule has 4 rings (SSSR count). The van der Waals surface area contributed by atoms with Crippen LogP contribution in [-0.4, -0.2) is 63.8 Å². The van der Waals surface area contributed by atoms with Gasteiger partial charge >= 0.3 is 11.9 Å². The normalized spacial score (nSPS) is 44.9. The minimum absolute atomic E-state index is 0.0420. The third-order valence-corrected chi connectivity index (χ3v) is 8.98. The topological polar surface area (TPSA) is 127 Å². The van der Waals surface area contributed by atoms with Crippen molar-refractivity contribution < 1.29 is 43.3 Å². The van der Waals surface area contributed by atoms with Gasteiger partial charge in [0.25, 0.3) is 0 Å². The molecule has 9 heteroatoms. The molecule has 0 aromatic heterocycles. The molecule has 34 heavy (non-hydrogen) atoms. The second-order valence-electron chi connectivity index (χ2n) is 10.6. The molecule has 0 aromatic rings. The Morgan fingerprint density at radius 2 is 1.85 bits per heavy atom. The molecule has 4 aliphatic rings. The zero-order valence-corrected chi connectivity index (χ0v) is 19.8. The summed E-state index contributed by atoms with van der Waals surface area (Å²) in [6.07, 6.45) is 1.84. The molecule has 3 saturated carbocycles. The van der Waals surface area contributed by atoms with E-state index in [1.807, 2.05) is 0 Å². The summed E-state index contributed by atoms with van der Waals surface area (Å²) in [4.78, 5) is 48.4. The summed E-state index contributed by atoms with van der Waals surface area (Å²) in [5, 5.41) is 22.6. The number of halogens is 1. The molecule has 2 N–H and O–H groups in total. The van der Waals surface area contributed by atoms with Gasteiger partial charge in [0.1, 0.15) is 6.10 Å². The van der Waals surface area contributed by atoms with Crippen LogP contribution in [0.4, 0.5) is 4.39 Å². The highest BCUT2D eigenvalue weighted by molar-refractivity contribution is 6.01. The second-order valence-corrected chi connectivity index (χ2v) is 10.6. The molecule has 0 spiro atoms. The van der Waals surface area contributed by atoms with Crippen LogP contribution in [0.25, 0.3) is 0 Å². The van der Waals surface area contributed by atoms with Crippen LogP contribution in [-0.2, 0) is 28.7 Å². The lowest BCUT2D eigenvalue weighted by Gasteiger charge is -2.62. The van der Waals surface area contributed by atoms with Gasteiger partial charge in [0.2, 0.25) is 5.78 Å². The Morgan fingerprint density at radius 3 is 2.47 bits per heavy atom. The molecule has 3 fully saturated rings. The number of fused-ring (bicyclic) bond motifs is 5.